The van der Waals surface area contributed by atoms with Crippen LogP contribution in [0.5, 0.6) is 5.75 Å². The monoisotopic (exact) mass is 425 g/mol. The van der Waals surface area contributed by atoms with Crippen molar-refractivity contribution < 1.29 is 28.2 Å². The summed E-state index contributed by atoms with van der Waals surface area (Å²) in [4.78, 5) is 26.4. The molecule has 9 heteroatoms. The Balaban J connectivity index is 2.06. The molecule has 0 saturated carbocycles. The lowest BCUT2D eigenvalue weighted by atomic mass is 9.91. The molecule has 1 aliphatic rings. The maximum absolute atomic E-state index is 14.6. The Morgan fingerprint density at radius 2 is 2.10 bits per heavy atom. The molecule has 1 N–H and O–H groups in total. The molecule has 156 valence electrons. The molecule has 0 aliphatic carbocycles. The van der Waals surface area contributed by atoms with Gasteiger partial charge >= 0.3 is 5.97 Å². The zero-order valence-corrected chi connectivity index (χ0v) is 16.6. The van der Waals surface area contributed by atoms with Crippen LogP contribution in [0.4, 0.5) is 4.39 Å². The molecule has 0 radical (unpaired) electrons. The van der Waals surface area contributed by atoms with Crippen molar-refractivity contribution >= 4 is 17.6 Å². The van der Waals surface area contributed by atoms with Crippen molar-refractivity contribution in [3.05, 3.63) is 62.4 Å². The van der Waals surface area contributed by atoms with Crippen LogP contribution < -0.4 is 5.43 Å². The van der Waals surface area contributed by atoms with Gasteiger partial charge in [-0.1, -0.05) is 17.7 Å². The number of ether oxygens (including phenoxy) is 2. The van der Waals surface area contributed by atoms with Gasteiger partial charge in [0.25, 0.3) is 0 Å². The molecular formula is C20H21ClFNO6. The summed E-state index contributed by atoms with van der Waals surface area (Å²) in [7, 11) is 1.19. The fourth-order valence-electron chi connectivity index (χ4n) is 3.27. The van der Waals surface area contributed by atoms with Crippen molar-refractivity contribution in [1.82, 2.24) is 4.90 Å². The van der Waals surface area contributed by atoms with Crippen molar-refractivity contribution in [3.63, 3.8) is 0 Å². The normalized spacial score (nSPS) is 15.8. The number of morpholine rings is 1. The van der Waals surface area contributed by atoms with Crippen LogP contribution in [-0.4, -0.2) is 49.4 Å². The molecule has 1 aromatic carbocycles. The Morgan fingerprint density at radius 3 is 2.76 bits per heavy atom. The van der Waals surface area contributed by atoms with Crippen molar-refractivity contribution in [3.8, 4) is 5.75 Å². The van der Waals surface area contributed by atoms with Crippen LogP contribution in [0, 0.1) is 5.82 Å². The fourth-order valence-corrected chi connectivity index (χ4v) is 3.56. The molecule has 0 amide bonds. The zero-order chi connectivity index (χ0) is 21.0. The smallest absolute Gasteiger partial charge is 0.306 e. The second-order valence-electron chi connectivity index (χ2n) is 6.65. The highest BCUT2D eigenvalue weighted by molar-refractivity contribution is 6.31. The third kappa shape index (κ3) is 4.95. The summed E-state index contributed by atoms with van der Waals surface area (Å²) in [5.74, 6) is -3.12. The first-order chi connectivity index (χ1) is 13.9. The van der Waals surface area contributed by atoms with Gasteiger partial charge in [0.1, 0.15) is 11.6 Å². The average Bonchev–Trinajstić information content (AvgIpc) is 2.70. The number of hydrogen-bond acceptors (Lipinski definition) is 7. The van der Waals surface area contributed by atoms with Gasteiger partial charge in [0.15, 0.2) is 5.76 Å². The molecular weight excluding hydrogens is 405 g/mol. The van der Waals surface area contributed by atoms with Gasteiger partial charge in [0.05, 0.1) is 39.2 Å². The SMILES string of the molecule is COC(=O)C[C@@H](c1oc(CN2CCOCC2)cc(=O)c1O)c1c(F)cccc1Cl. The molecule has 3 rings (SSSR count). The number of methoxy groups -OCH3 is 1. The maximum Gasteiger partial charge on any atom is 0.306 e. The molecule has 1 fully saturated rings. The number of aromatic hydroxyl groups is 1. The molecule has 2 aromatic rings. The highest BCUT2D eigenvalue weighted by Gasteiger charge is 2.30. The third-order valence-electron chi connectivity index (χ3n) is 4.75. The van der Waals surface area contributed by atoms with E-state index in [1.807, 2.05) is 4.90 Å². The van der Waals surface area contributed by atoms with Crippen LogP contribution in [0.3, 0.4) is 0 Å². The van der Waals surface area contributed by atoms with Gasteiger partial charge < -0.3 is 19.0 Å². The summed E-state index contributed by atoms with van der Waals surface area (Å²) in [5.41, 5.74) is -0.738. The average molecular weight is 426 g/mol. The Bertz CT molecular complexity index is 921. The van der Waals surface area contributed by atoms with Crippen LogP contribution in [0.15, 0.2) is 33.5 Å². The highest BCUT2D eigenvalue weighted by atomic mass is 35.5. The van der Waals surface area contributed by atoms with E-state index in [4.69, 9.17) is 25.5 Å². The molecule has 0 unspecified atom stereocenters. The second-order valence-corrected chi connectivity index (χ2v) is 7.05. The van der Waals surface area contributed by atoms with Gasteiger partial charge in [-0.2, -0.15) is 0 Å². The first-order valence-electron chi connectivity index (χ1n) is 9.07. The summed E-state index contributed by atoms with van der Waals surface area (Å²) >= 11 is 6.17. The molecule has 2 heterocycles. The summed E-state index contributed by atoms with van der Waals surface area (Å²) in [6.07, 6.45) is -0.366. The molecule has 0 spiro atoms. The molecule has 29 heavy (non-hydrogen) atoms. The number of nitrogens with zero attached hydrogens (tertiary/aromatic N) is 1. The third-order valence-corrected chi connectivity index (χ3v) is 5.08. The number of benzene rings is 1. The van der Waals surface area contributed by atoms with E-state index in [2.05, 4.69) is 0 Å². The van der Waals surface area contributed by atoms with Crippen molar-refractivity contribution in [2.75, 3.05) is 33.4 Å². The van der Waals surface area contributed by atoms with Gasteiger partial charge in [-0.15, -0.1) is 0 Å². The number of halogens is 2. The number of hydrogen-bond donors (Lipinski definition) is 1. The van der Waals surface area contributed by atoms with Gasteiger partial charge in [-0.3, -0.25) is 14.5 Å². The van der Waals surface area contributed by atoms with E-state index in [-0.39, 0.29) is 28.5 Å². The lowest BCUT2D eigenvalue weighted by Crippen LogP contribution is -2.35. The van der Waals surface area contributed by atoms with Crippen molar-refractivity contribution in [1.29, 1.82) is 0 Å². The van der Waals surface area contributed by atoms with E-state index in [1.165, 1.54) is 31.4 Å². The van der Waals surface area contributed by atoms with Gasteiger partial charge in [0, 0.05) is 29.7 Å². The minimum Gasteiger partial charge on any atom is -0.502 e. The number of carbonyl (C=O) groups excluding carboxylic acids is 1. The number of carbonyl (C=O) groups is 1. The van der Waals surface area contributed by atoms with Crippen molar-refractivity contribution in [2.45, 2.75) is 18.9 Å². The summed E-state index contributed by atoms with van der Waals surface area (Å²) in [5, 5.41) is 10.4. The minimum atomic E-state index is -1.13. The Hall–Kier alpha value is -2.42. The van der Waals surface area contributed by atoms with E-state index < -0.39 is 28.9 Å². The Labute approximate surface area is 171 Å². The predicted octanol–water partition coefficient (Wildman–Crippen LogP) is 2.67. The van der Waals surface area contributed by atoms with E-state index in [1.54, 1.807) is 0 Å². The second kappa shape index (κ2) is 9.39. The summed E-state index contributed by atoms with van der Waals surface area (Å²) in [6.45, 7) is 2.74. The quantitative estimate of drug-likeness (QED) is 0.711. The molecule has 0 bridgehead atoms. The lowest BCUT2D eigenvalue weighted by Gasteiger charge is -2.26. The Morgan fingerprint density at radius 1 is 1.38 bits per heavy atom. The number of rotatable bonds is 6. The summed E-state index contributed by atoms with van der Waals surface area (Å²) < 4.78 is 30.4. The highest BCUT2D eigenvalue weighted by Crippen LogP contribution is 2.38. The van der Waals surface area contributed by atoms with Crippen LogP contribution in [0.2, 0.25) is 5.02 Å². The Kier molecular flexibility index (Phi) is 6.89. The standard InChI is InChI=1S/C20H21ClFNO6/c1-27-17(25)10-13(18-14(21)3-2-4-15(18)22)20-19(26)16(24)9-12(29-20)11-23-5-7-28-8-6-23/h2-4,9,13,26H,5-8,10-11H2,1H3/t13-/m1/s1. The zero-order valence-electron chi connectivity index (χ0n) is 15.8. The number of esters is 1. The van der Waals surface area contributed by atoms with Gasteiger partial charge in [0.2, 0.25) is 11.2 Å². The van der Waals surface area contributed by atoms with Crippen LogP contribution >= 0.6 is 11.6 Å². The van der Waals surface area contributed by atoms with Gasteiger partial charge in [-0.25, -0.2) is 4.39 Å². The molecule has 1 saturated heterocycles. The molecule has 1 aromatic heterocycles. The van der Waals surface area contributed by atoms with Crippen molar-refractivity contribution in [2.24, 2.45) is 0 Å². The molecule has 7 nitrogen and oxygen atoms in total. The first kappa shape index (κ1) is 21.3. The van der Waals surface area contributed by atoms with Gasteiger partial charge in [-0.05, 0) is 12.1 Å². The van der Waals surface area contributed by atoms with E-state index in [0.717, 1.165) is 0 Å². The maximum atomic E-state index is 14.6. The van der Waals surface area contributed by atoms with Crippen LogP contribution in [0.1, 0.15) is 29.4 Å². The van der Waals surface area contributed by atoms with E-state index in [9.17, 15) is 19.1 Å². The van der Waals surface area contributed by atoms with Crippen LogP contribution in [0.25, 0.3) is 0 Å². The van der Waals surface area contributed by atoms with E-state index in [0.29, 0.717) is 32.8 Å². The minimum absolute atomic E-state index is 0.0412. The largest absolute Gasteiger partial charge is 0.502 e. The molecule has 1 aliphatic heterocycles. The topological polar surface area (TPSA) is 89.2 Å². The molecule has 1 atom stereocenters. The van der Waals surface area contributed by atoms with E-state index >= 15 is 0 Å². The fraction of sp³-hybridized carbons (Fsp3) is 0.400. The van der Waals surface area contributed by atoms with Crippen LogP contribution in [-0.2, 0) is 20.8 Å². The first-order valence-corrected chi connectivity index (χ1v) is 9.45. The lowest BCUT2D eigenvalue weighted by molar-refractivity contribution is -0.140. The predicted molar refractivity (Wildman–Crippen MR) is 103 cm³/mol. The summed E-state index contributed by atoms with van der Waals surface area (Å²) in [6, 6.07) is 5.24.